The molecule has 1 amide bonds. The highest BCUT2D eigenvalue weighted by Gasteiger charge is 2.12. The lowest BCUT2D eigenvalue weighted by atomic mass is 10.4. The van der Waals surface area contributed by atoms with Gasteiger partial charge in [-0.25, -0.2) is 0 Å². The number of nitrogens with zero attached hydrogens (tertiary/aromatic N) is 3. The number of carbonyl (C=O) groups excluding carboxylic acids is 1. The fourth-order valence-corrected chi connectivity index (χ4v) is 2.15. The minimum atomic E-state index is -0.169. The molecule has 0 saturated carbocycles. The van der Waals surface area contributed by atoms with Gasteiger partial charge in [-0.1, -0.05) is 0 Å². The van der Waals surface area contributed by atoms with Crippen molar-refractivity contribution in [2.24, 2.45) is 7.05 Å². The van der Waals surface area contributed by atoms with Gasteiger partial charge in [-0.15, -0.1) is 0 Å². The van der Waals surface area contributed by atoms with E-state index in [2.05, 4.69) is 26.3 Å². The highest BCUT2D eigenvalue weighted by Crippen LogP contribution is 2.15. The molecule has 0 unspecified atom stereocenters. The van der Waals surface area contributed by atoms with E-state index in [1.165, 1.54) is 0 Å². The summed E-state index contributed by atoms with van der Waals surface area (Å²) in [5.41, 5.74) is 0.584. The van der Waals surface area contributed by atoms with Gasteiger partial charge in [0.05, 0.1) is 0 Å². The summed E-state index contributed by atoms with van der Waals surface area (Å²) in [6.07, 6.45) is 3.68. The van der Waals surface area contributed by atoms with Crippen LogP contribution < -0.4 is 5.32 Å². The van der Waals surface area contributed by atoms with E-state index >= 15 is 0 Å². The Hall–Kier alpha value is -1.56. The Morgan fingerprint density at radius 1 is 1.50 bits per heavy atom. The molecule has 0 saturated heterocycles. The summed E-state index contributed by atoms with van der Waals surface area (Å²) in [5.74, 6) is 0.392. The molecule has 2 heterocycles. The second-order valence-electron chi connectivity index (χ2n) is 4.38. The molecule has 0 spiro atoms. The SMILES string of the molecule is CC(C)n1ccc(NC(=O)c2cc(Br)cn2C)n1. The van der Waals surface area contributed by atoms with Crippen LogP contribution in [0.15, 0.2) is 29.0 Å². The van der Waals surface area contributed by atoms with Crippen molar-refractivity contribution in [3.63, 3.8) is 0 Å². The van der Waals surface area contributed by atoms with E-state index in [-0.39, 0.29) is 11.9 Å². The zero-order valence-corrected chi connectivity index (χ0v) is 12.1. The van der Waals surface area contributed by atoms with Crippen LogP contribution in [0.4, 0.5) is 5.82 Å². The van der Waals surface area contributed by atoms with Crippen molar-refractivity contribution in [1.29, 1.82) is 0 Å². The summed E-state index contributed by atoms with van der Waals surface area (Å²) in [6.45, 7) is 4.07. The van der Waals surface area contributed by atoms with E-state index in [0.717, 1.165) is 4.47 Å². The van der Waals surface area contributed by atoms with Crippen LogP contribution in [0.2, 0.25) is 0 Å². The number of rotatable bonds is 3. The Morgan fingerprint density at radius 2 is 2.22 bits per heavy atom. The molecule has 96 valence electrons. The molecule has 0 fully saturated rings. The predicted molar refractivity (Wildman–Crippen MR) is 73.7 cm³/mol. The molecule has 0 atom stereocenters. The van der Waals surface area contributed by atoms with E-state index in [1.807, 2.05) is 33.3 Å². The van der Waals surface area contributed by atoms with E-state index in [0.29, 0.717) is 11.5 Å². The molecule has 0 aliphatic heterocycles. The minimum Gasteiger partial charge on any atom is -0.345 e. The second kappa shape index (κ2) is 4.97. The topological polar surface area (TPSA) is 51.9 Å². The molecule has 2 rings (SSSR count). The van der Waals surface area contributed by atoms with Crippen LogP contribution >= 0.6 is 15.9 Å². The van der Waals surface area contributed by atoms with Crippen LogP contribution in [0.25, 0.3) is 0 Å². The molecule has 0 radical (unpaired) electrons. The summed E-state index contributed by atoms with van der Waals surface area (Å²) in [4.78, 5) is 12.0. The lowest BCUT2D eigenvalue weighted by Gasteiger charge is -2.05. The first-order chi connectivity index (χ1) is 8.47. The maximum absolute atomic E-state index is 12.0. The van der Waals surface area contributed by atoms with Gasteiger partial charge in [-0.2, -0.15) is 5.10 Å². The van der Waals surface area contributed by atoms with Gasteiger partial charge in [0.25, 0.3) is 5.91 Å². The fourth-order valence-electron chi connectivity index (χ4n) is 1.62. The fraction of sp³-hybridized carbons (Fsp3) is 0.333. The summed E-state index contributed by atoms with van der Waals surface area (Å²) >= 11 is 3.34. The maximum atomic E-state index is 12.0. The molecule has 6 heteroatoms. The van der Waals surface area contributed by atoms with Gasteiger partial charge in [-0.05, 0) is 35.8 Å². The van der Waals surface area contributed by atoms with Crippen LogP contribution in [0.3, 0.4) is 0 Å². The Kier molecular flexibility index (Phi) is 3.56. The predicted octanol–water partition coefficient (Wildman–Crippen LogP) is 2.82. The number of carbonyl (C=O) groups is 1. The molecule has 0 aliphatic carbocycles. The first kappa shape index (κ1) is 12.9. The molecule has 5 nitrogen and oxygen atoms in total. The van der Waals surface area contributed by atoms with Gasteiger partial charge in [0.1, 0.15) is 5.69 Å². The van der Waals surface area contributed by atoms with Crippen molar-refractivity contribution in [2.45, 2.75) is 19.9 Å². The minimum absolute atomic E-state index is 0.169. The molecule has 0 aliphatic rings. The number of halogens is 1. The number of aromatic nitrogens is 3. The normalized spacial score (nSPS) is 10.9. The van der Waals surface area contributed by atoms with E-state index < -0.39 is 0 Å². The maximum Gasteiger partial charge on any atom is 0.273 e. The third-order valence-corrected chi connectivity index (χ3v) is 3.02. The number of amides is 1. The van der Waals surface area contributed by atoms with Crippen molar-refractivity contribution >= 4 is 27.7 Å². The van der Waals surface area contributed by atoms with Gasteiger partial charge in [0.2, 0.25) is 0 Å². The van der Waals surface area contributed by atoms with Crippen molar-refractivity contribution in [3.8, 4) is 0 Å². The number of hydrogen-bond acceptors (Lipinski definition) is 2. The Balaban J connectivity index is 2.13. The third kappa shape index (κ3) is 2.64. The van der Waals surface area contributed by atoms with E-state index in [9.17, 15) is 4.79 Å². The molecule has 0 bridgehead atoms. The summed E-state index contributed by atoms with van der Waals surface area (Å²) in [7, 11) is 1.83. The largest absolute Gasteiger partial charge is 0.345 e. The molecule has 18 heavy (non-hydrogen) atoms. The van der Waals surface area contributed by atoms with Crippen molar-refractivity contribution in [1.82, 2.24) is 14.3 Å². The highest BCUT2D eigenvalue weighted by atomic mass is 79.9. The molecule has 2 aromatic heterocycles. The Bertz CT molecular complexity index is 570. The number of anilines is 1. The van der Waals surface area contributed by atoms with Crippen LogP contribution in [0, 0.1) is 0 Å². The first-order valence-corrected chi connectivity index (χ1v) is 6.45. The van der Waals surface area contributed by atoms with Gasteiger partial charge in [0.15, 0.2) is 5.82 Å². The quantitative estimate of drug-likeness (QED) is 0.947. The van der Waals surface area contributed by atoms with Gasteiger partial charge >= 0.3 is 0 Å². The number of hydrogen-bond donors (Lipinski definition) is 1. The van der Waals surface area contributed by atoms with Crippen LogP contribution in [0.1, 0.15) is 30.4 Å². The molecule has 1 N–H and O–H groups in total. The molecular formula is C12H15BrN4O. The second-order valence-corrected chi connectivity index (χ2v) is 5.30. The van der Waals surface area contributed by atoms with Gasteiger partial charge < -0.3 is 9.88 Å². The Labute approximate surface area is 114 Å². The average Bonchev–Trinajstić information content (AvgIpc) is 2.85. The smallest absolute Gasteiger partial charge is 0.273 e. The summed E-state index contributed by atoms with van der Waals surface area (Å²) in [6, 6.07) is 3.84. The van der Waals surface area contributed by atoms with Crippen molar-refractivity contribution < 1.29 is 4.79 Å². The summed E-state index contributed by atoms with van der Waals surface area (Å²) in [5, 5.41) is 7.05. The third-order valence-electron chi connectivity index (χ3n) is 2.58. The molecule has 2 aromatic rings. The van der Waals surface area contributed by atoms with Gasteiger partial charge in [0, 0.05) is 36.0 Å². The molecule has 0 aromatic carbocycles. The van der Waals surface area contributed by atoms with Crippen molar-refractivity contribution in [3.05, 3.63) is 34.7 Å². The zero-order valence-electron chi connectivity index (χ0n) is 10.5. The average molecular weight is 311 g/mol. The molecular weight excluding hydrogens is 296 g/mol. The lowest BCUT2D eigenvalue weighted by molar-refractivity contribution is 0.101. The van der Waals surface area contributed by atoms with Gasteiger partial charge in [-0.3, -0.25) is 9.48 Å². The van der Waals surface area contributed by atoms with Crippen LogP contribution in [-0.2, 0) is 7.05 Å². The van der Waals surface area contributed by atoms with Crippen LogP contribution in [-0.4, -0.2) is 20.3 Å². The summed E-state index contributed by atoms with van der Waals surface area (Å²) < 4.78 is 4.44. The standard InChI is InChI=1S/C12H15BrN4O/c1-8(2)17-5-4-11(15-17)14-12(18)10-6-9(13)7-16(10)3/h4-8H,1-3H3,(H,14,15,18). The van der Waals surface area contributed by atoms with Crippen molar-refractivity contribution in [2.75, 3.05) is 5.32 Å². The highest BCUT2D eigenvalue weighted by molar-refractivity contribution is 9.10. The first-order valence-electron chi connectivity index (χ1n) is 5.65. The monoisotopic (exact) mass is 310 g/mol. The lowest BCUT2D eigenvalue weighted by Crippen LogP contribution is -2.16. The Morgan fingerprint density at radius 3 is 2.72 bits per heavy atom. The zero-order chi connectivity index (χ0) is 13.3. The number of nitrogens with one attached hydrogen (secondary N) is 1. The van der Waals surface area contributed by atoms with E-state index in [4.69, 9.17) is 0 Å². The van der Waals surface area contributed by atoms with E-state index in [1.54, 1.807) is 21.4 Å². The number of aryl methyl sites for hydroxylation is 1. The van der Waals surface area contributed by atoms with Crippen LogP contribution in [0.5, 0.6) is 0 Å².